The molecule has 0 fully saturated rings. The molecule has 0 aromatic heterocycles. The summed E-state index contributed by atoms with van der Waals surface area (Å²) >= 11 is 0. The van der Waals surface area contributed by atoms with Gasteiger partial charge in [-0.15, -0.1) is 0 Å². The zero-order chi connectivity index (χ0) is 13.1. The van der Waals surface area contributed by atoms with Crippen molar-refractivity contribution in [3.8, 4) is 0 Å². The molecule has 0 rings (SSSR count). The molecule has 0 aliphatic heterocycles. The molecule has 0 aromatic carbocycles. The summed E-state index contributed by atoms with van der Waals surface area (Å²) in [6, 6.07) is 0. The maximum absolute atomic E-state index is 11.4. The summed E-state index contributed by atoms with van der Waals surface area (Å²) in [6.07, 6.45) is 4.29. The third kappa shape index (κ3) is 10.6. The Balaban J connectivity index is 3.42. The first-order chi connectivity index (χ1) is 8.02. The van der Waals surface area contributed by atoms with Gasteiger partial charge < -0.3 is 9.84 Å². The van der Waals surface area contributed by atoms with Crippen molar-refractivity contribution in [2.45, 2.75) is 45.1 Å². The number of hydrogen-bond donors (Lipinski definition) is 1. The van der Waals surface area contributed by atoms with E-state index in [-0.39, 0.29) is 13.2 Å². The van der Waals surface area contributed by atoms with Gasteiger partial charge in [-0.25, -0.2) is 0 Å². The van der Waals surface area contributed by atoms with Crippen molar-refractivity contribution in [2.75, 3.05) is 19.0 Å². The minimum Gasteiger partial charge on any atom is -0.391 e. The molecule has 0 aromatic rings. The number of rotatable bonds is 11. The quantitative estimate of drug-likeness (QED) is 0.578. The van der Waals surface area contributed by atoms with Gasteiger partial charge in [0.25, 0.3) is 10.1 Å². The fourth-order valence-corrected chi connectivity index (χ4v) is 1.69. The number of unbranched alkanes of at least 4 members (excludes halogenated alkanes) is 3. The summed E-state index contributed by atoms with van der Waals surface area (Å²) in [6.45, 7) is 1.99. The Morgan fingerprint density at radius 1 is 1.29 bits per heavy atom. The molecule has 0 spiro atoms. The van der Waals surface area contributed by atoms with Gasteiger partial charge in [-0.2, -0.15) is 8.42 Å². The Bertz CT molecular complexity index is 268. The third-order valence-corrected chi connectivity index (χ3v) is 3.13. The Labute approximate surface area is 102 Å². The first-order valence-corrected chi connectivity index (χ1v) is 7.38. The SMILES string of the molecule is CCCCCCC(O)COCCS(=O)(=O)OF. The topological polar surface area (TPSA) is 72.8 Å². The van der Waals surface area contributed by atoms with E-state index in [0.29, 0.717) is 6.42 Å². The molecule has 104 valence electrons. The minimum atomic E-state index is -4.12. The van der Waals surface area contributed by atoms with Crippen LogP contribution >= 0.6 is 0 Å². The highest BCUT2D eigenvalue weighted by atomic mass is 32.2. The lowest BCUT2D eigenvalue weighted by atomic mass is 10.1. The molecule has 5 nitrogen and oxygen atoms in total. The Morgan fingerprint density at radius 3 is 2.59 bits per heavy atom. The van der Waals surface area contributed by atoms with Gasteiger partial charge in [0.15, 0.2) is 0 Å². The molecular weight excluding hydrogens is 251 g/mol. The van der Waals surface area contributed by atoms with E-state index in [4.69, 9.17) is 4.74 Å². The zero-order valence-corrected chi connectivity index (χ0v) is 10.9. The molecule has 0 bridgehead atoms. The minimum absolute atomic E-state index is 0.0634. The van der Waals surface area contributed by atoms with Gasteiger partial charge in [0.2, 0.25) is 0 Å². The van der Waals surface area contributed by atoms with Gasteiger partial charge >= 0.3 is 0 Å². The molecule has 0 saturated carbocycles. The smallest absolute Gasteiger partial charge is 0.300 e. The molecule has 0 heterocycles. The lowest BCUT2D eigenvalue weighted by Gasteiger charge is -2.10. The number of hydrogen-bond acceptors (Lipinski definition) is 5. The molecule has 1 N–H and O–H groups in total. The lowest BCUT2D eigenvalue weighted by molar-refractivity contribution is -0.000450. The summed E-state index contributed by atoms with van der Waals surface area (Å²) in [5, 5.41) is 9.46. The van der Waals surface area contributed by atoms with Gasteiger partial charge in [-0.05, 0) is 10.9 Å². The maximum atomic E-state index is 11.4. The van der Waals surface area contributed by atoms with E-state index in [1.807, 2.05) is 0 Å². The molecule has 1 atom stereocenters. The Hall–Kier alpha value is -0.240. The van der Waals surface area contributed by atoms with Crippen LogP contribution in [0.25, 0.3) is 0 Å². The van der Waals surface area contributed by atoms with E-state index in [2.05, 4.69) is 11.3 Å². The second kappa shape index (κ2) is 9.76. The molecular formula is C10H21FO5S. The van der Waals surface area contributed by atoms with Gasteiger partial charge in [0.1, 0.15) is 5.75 Å². The monoisotopic (exact) mass is 272 g/mol. The summed E-state index contributed by atoms with van der Waals surface area (Å²) in [5.41, 5.74) is 0. The van der Waals surface area contributed by atoms with Crippen LogP contribution in [0.3, 0.4) is 0 Å². The number of halogens is 1. The highest BCUT2D eigenvalue weighted by molar-refractivity contribution is 7.86. The van der Waals surface area contributed by atoms with Crippen molar-refractivity contribution < 1.29 is 27.2 Å². The largest absolute Gasteiger partial charge is 0.391 e. The highest BCUT2D eigenvalue weighted by Crippen LogP contribution is 2.05. The molecule has 0 aliphatic rings. The van der Waals surface area contributed by atoms with Gasteiger partial charge in [-0.1, -0.05) is 37.0 Å². The predicted molar refractivity (Wildman–Crippen MR) is 61.6 cm³/mol. The second-order valence-electron chi connectivity index (χ2n) is 3.90. The van der Waals surface area contributed by atoms with Gasteiger partial charge in [-0.3, -0.25) is 0 Å². The zero-order valence-electron chi connectivity index (χ0n) is 10.1. The van der Waals surface area contributed by atoms with E-state index in [9.17, 15) is 18.1 Å². The Morgan fingerprint density at radius 2 is 2.00 bits per heavy atom. The van der Waals surface area contributed by atoms with Crippen molar-refractivity contribution in [3.05, 3.63) is 0 Å². The van der Waals surface area contributed by atoms with Crippen LogP contribution in [0.2, 0.25) is 0 Å². The fraction of sp³-hybridized carbons (Fsp3) is 1.00. The van der Waals surface area contributed by atoms with Crippen LogP contribution in [-0.4, -0.2) is 38.6 Å². The molecule has 1 unspecified atom stereocenters. The summed E-state index contributed by atoms with van der Waals surface area (Å²) < 4.78 is 40.2. The average Bonchev–Trinajstić information content (AvgIpc) is 2.30. The first kappa shape index (κ1) is 16.8. The summed E-state index contributed by atoms with van der Waals surface area (Å²) in [7, 11) is -4.12. The van der Waals surface area contributed by atoms with E-state index in [0.717, 1.165) is 25.7 Å². The third-order valence-electron chi connectivity index (χ3n) is 2.27. The van der Waals surface area contributed by atoms with Gasteiger partial charge in [0.05, 0.1) is 19.3 Å². The van der Waals surface area contributed by atoms with Gasteiger partial charge in [0, 0.05) is 0 Å². The number of aliphatic hydroxyl groups is 1. The first-order valence-electron chi connectivity index (χ1n) is 5.80. The summed E-state index contributed by atoms with van der Waals surface area (Å²) in [4.78, 5) is 0. The molecule has 0 aliphatic carbocycles. The second-order valence-corrected chi connectivity index (χ2v) is 5.55. The van der Waals surface area contributed by atoms with E-state index < -0.39 is 22.0 Å². The van der Waals surface area contributed by atoms with E-state index in [1.54, 1.807) is 0 Å². The summed E-state index contributed by atoms with van der Waals surface area (Å²) in [5.74, 6) is -0.550. The lowest BCUT2D eigenvalue weighted by Crippen LogP contribution is -2.19. The van der Waals surface area contributed by atoms with E-state index in [1.165, 1.54) is 0 Å². The van der Waals surface area contributed by atoms with Crippen molar-refractivity contribution in [1.29, 1.82) is 0 Å². The van der Waals surface area contributed by atoms with Crippen LogP contribution in [0, 0.1) is 0 Å². The van der Waals surface area contributed by atoms with Crippen LogP contribution in [0.5, 0.6) is 0 Å². The average molecular weight is 272 g/mol. The molecule has 7 heteroatoms. The maximum Gasteiger partial charge on any atom is 0.300 e. The van der Waals surface area contributed by atoms with Crippen LogP contribution < -0.4 is 0 Å². The molecule has 0 radical (unpaired) electrons. The Kier molecular flexibility index (Phi) is 9.62. The number of aliphatic hydroxyl groups excluding tert-OH is 1. The standard InChI is InChI=1S/C10H21FO5S/c1-2-3-4-5-6-10(12)9-15-7-8-17(13,14)16-11/h10,12H,2-9H2,1H3. The molecule has 17 heavy (non-hydrogen) atoms. The fourth-order valence-electron chi connectivity index (χ4n) is 1.30. The van der Waals surface area contributed by atoms with Crippen LogP contribution in [0.1, 0.15) is 39.0 Å². The van der Waals surface area contributed by atoms with Crippen molar-refractivity contribution in [3.63, 3.8) is 0 Å². The van der Waals surface area contributed by atoms with Crippen LogP contribution in [-0.2, 0) is 19.2 Å². The highest BCUT2D eigenvalue weighted by Gasteiger charge is 2.12. The molecule has 0 amide bonds. The number of ether oxygens (including phenoxy) is 1. The van der Waals surface area contributed by atoms with E-state index >= 15 is 0 Å². The van der Waals surface area contributed by atoms with Crippen molar-refractivity contribution in [1.82, 2.24) is 0 Å². The van der Waals surface area contributed by atoms with Crippen molar-refractivity contribution >= 4 is 10.1 Å². The van der Waals surface area contributed by atoms with Crippen molar-refractivity contribution in [2.24, 2.45) is 0 Å². The van der Waals surface area contributed by atoms with Crippen LogP contribution in [0.4, 0.5) is 4.53 Å². The van der Waals surface area contributed by atoms with Crippen LogP contribution in [0.15, 0.2) is 0 Å². The molecule has 0 saturated heterocycles. The predicted octanol–water partition coefficient (Wildman–Crippen LogP) is 1.57. The normalized spacial score (nSPS) is 13.8.